The molecule has 0 fully saturated rings. The first-order valence-electron chi connectivity index (χ1n) is 9.47. The van der Waals surface area contributed by atoms with Crippen molar-refractivity contribution in [1.29, 1.82) is 0 Å². The van der Waals surface area contributed by atoms with Crippen molar-refractivity contribution in [3.63, 3.8) is 0 Å². The van der Waals surface area contributed by atoms with E-state index in [1.807, 2.05) is 13.0 Å². The smallest absolute Gasteiger partial charge is 0.341 e. The van der Waals surface area contributed by atoms with E-state index < -0.39 is 0 Å². The highest BCUT2D eigenvalue weighted by atomic mass is 16.4. The van der Waals surface area contributed by atoms with Crippen molar-refractivity contribution in [2.45, 2.75) is 52.6 Å². The van der Waals surface area contributed by atoms with Gasteiger partial charge in [-0.1, -0.05) is 25.5 Å². The maximum Gasteiger partial charge on any atom is 0.341 e. The Bertz CT molecular complexity index is 796. The molecule has 1 aromatic heterocycles. The second kappa shape index (κ2) is 7.71. The third-order valence-electron chi connectivity index (χ3n) is 5.47. The second-order valence-electron chi connectivity index (χ2n) is 7.51. The summed E-state index contributed by atoms with van der Waals surface area (Å²) in [4.78, 5) is 17.3. The van der Waals surface area contributed by atoms with Crippen LogP contribution in [0.2, 0.25) is 0 Å². The Balaban J connectivity index is 1.77. The van der Waals surface area contributed by atoms with Crippen LogP contribution in [0.15, 0.2) is 27.4 Å². The number of hydrogen-bond donors (Lipinski definition) is 0. The molecule has 0 bridgehead atoms. The Labute approximate surface area is 150 Å². The Morgan fingerprint density at radius 2 is 2.12 bits per heavy atom. The van der Waals surface area contributed by atoms with Crippen LogP contribution < -0.4 is 5.63 Å². The standard InChI is InChI=1S/C21H30N2O2/c1-5-6-10-22(4)16(3)13-23-11-9-17-18-8-7-15(2)12-20(18)25-21(24)19(17)14-23/h7-8,12,16H,5-6,9-11,13-14H2,1-4H3. The zero-order valence-corrected chi connectivity index (χ0v) is 16.0. The summed E-state index contributed by atoms with van der Waals surface area (Å²) in [5.41, 5.74) is 3.73. The van der Waals surface area contributed by atoms with Gasteiger partial charge in [-0.15, -0.1) is 0 Å². The van der Waals surface area contributed by atoms with Gasteiger partial charge in [0.15, 0.2) is 0 Å². The van der Waals surface area contributed by atoms with Crippen LogP contribution in [0.3, 0.4) is 0 Å². The highest BCUT2D eigenvalue weighted by Gasteiger charge is 2.24. The minimum Gasteiger partial charge on any atom is -0.422 e. The van der Waals surface area contributed by atoms with Gasteiger partial charge < -0.3 is 9.32 Å². The average Bonchev–Trinajstić information content (AvgIpc) is 2.59. The van der Waals surface area contributed by atoms with Crippen LogP contribution in [-0.4, -0.2) is 42.5 Å². The SMILES string of the molecule is CCCCN(C)C(C)CN1CCc2c(c(=O)oc3cc(C)ccc23)C1. The monoisotopic (exact) mass is 342 g/mol. The van der Waals surface area contributed by atoms with Gasteiger partial charge in [0.2, 0.25) is 0 Å². The minimum atomic E-state index is -0.162. The molecule has 0 aliphatic carbocycles. The second-order valence-corrected chi connectivity index (χ2v) is 7.51. The van der Waals surface area contributed by atoms with Gasteiger partial charge in [0.05, 0.1) is 5.56 Å². The van der Waals surface area contributed by atoms with Crippen molar-refractivity contribution in [3.05, 3.63) is 45.3 Å². The zero-order valence-electron chi connectivity index (χ0n) is 16.0. The summed E-state index contributed by atoms with van der Waals surface area (Å²) >= 11 is 0. The number of aryl methyl sites for hydroxylation is 1. The van der Waals surface area contributed by atoms with Gasteiger partial charge >= 0.3 is 5.63 Å². The summed E-state index contributed by atoms with van der Waals surface area (Å²) in [5, 5.41) is 1.10. The van der Waals surface area contributed by atoms with Crippen molar-refractivity contribution in [1.82, 2.24) is 9.80 Å². The van der Waals surface area contributed by atoms with E-state index in [9.17, 15) is 4.79 Å². The van der Waals surface area contributed by atoms with Crippen molar-refractivity contribution < 1.29 is 4.42 Å². The van der Waals surface area contributed by atoms with Gasteiger partial charge in [0.25, 0.3) is 0 Å². The quantitative estimate of drug-likeness (QED) is 0.752. The van der Waals surface area contributed by atoms with E-state index in [1.165, 1.54) is 18.4 Å². The fourth-order valence-electron chi connectivity index (χ4n) is 3.73. The van der Waals surface area contributed by atoms with E-state index in [0.717, 1.165) is 48.2 Å². The number of benzene rings is 1. The molecule has 1 unspecified atom stereocenters. The Kier molecular flexibility index (Phi) is 5.60. The molecule has 1 aliphatic heterocycles. The molecular weight excluding hydrogens is 312 g/mol. The lowest BCUT2D eigenvalue weighted by Gasteiger charge is -2.33. The van der Waals surface area contributed by atoms with E-state index in [4.69, 9.17) is 4.42 Å². The van der Waals surface area contributed by atoms with Crippen LogP contribution in [0.25, 0.3) is 11.0 Å². The van der Waals surface area contributed by atoms with Crippen molar-refractivity contribution in [3.8, 4) is 0 Å². The summed E-state index contributed by atoms with van der Waals surface area (Å²) in [6.45, 7) is 10.4. The number of likely N-dealkylation sites (N-methyl/N-ethyl adjacent to an activating group) is 1. The molecular formula is C21H30N2O2. The highest BCUT2D eigenvalue weighted by Crippen LogP contribution is 2.26. The normalized spacial score (nSPS) is 16.4. The molecule has 2 aromatic rings. The Hall–Kier alpha value is -1.65. The molecule has 0 amide bonds. The van der Waals surface area contributed by atoms with Gasteiger partial charge in [-0.3, -0.25) is 4.90 Å². The number of hydrogen-bond acceptors (Lipinski definition) is 4. The van der Waals surface area contributed by atoms with Crippen LogP contribution in [0.1, 0.15) is 43.4 Å². The third kappa shape index (κ3) is 3.96. The Morgan fingerprint density at radius 1 is 1.32 bits per heavy atom. The molecule has 0 saturated heterocycles. The maximum atomic E-state index is 12.5. The number of fused-ring (bicyclic) bond motifs is 3. The van der Waals surface area contributed by atoms with Crippen molar-refractivity contribution in [2.24, 2.45) is 0 Å². The molecule has 25 heavy (non-hydrogen) atoms. The maximum absolute atomic E-state index is 12.5. The van der Waals surface area contributed by atoms with Crippen LogP contribution >= 0.6 is 0 Å². The lowest BCUT2D eigenvalue weighted by Crippen LogP contribution is -2.43. The minimum absolute atomic E-state index is 0.162. The lowest BCUT2D eigenvalue weighted by molar-refractivity contribution is 0.159. The number of nitrogens with zero attached hydrogens (tertiary/aromatic N) is 2. The first-order valence-corrected chi connectivity index (χ1v) is 9.47. The van der Waals surface area contributed by atoms with E-state index >= 15 is 0 Å². The predicted octanol–water partition coefficient (Wildman–Crippen LogP) is 3.58. The van der Waals surface area contributed by atoms with E-state index in [2.05, 4.69) is 42.8 Å². The van der Waals surface area contributed by atoms with Gasteiger partial charge in [-0.05, 0) is 57.5 Å². The van der Waals surface area contributed by atoms with Crippen LogP contribution in [0.4, 0.5) is 0 Å². The predicted molar refractivity (Wildman–Crippen MR) is 103 cm³/mol. The fourth-order valence-corrected chi connectivity index (χ4v) is 3.73. The summed E-state index contributed by atoms with van der Waals surface area (Å²) in [6, 6.07) is 6.65. The molecule has 0 N–H and O–H groups in total. The molecule has 136 valence electrons. The van der Waals surface area contributed by atoms with Gasteiger partial charge in [0.1, 0.15) is 5.58 Å². The van der Waals surface area contributed by atoms with Gasteiger partial charge in [0, 0.05) is 31.1 Å². The first kappa shape index (κ1) is 18.2. The summed E-state index contributed by atoms with van der Waals surface area (Å²) in [6.07, 6.45) is 3.38. The largest absolute Gasteiger partial charge is 0.422 e. The summed E-state index contributed by atoms with van der Waals surface area (Å²) < 4.78 is 5.60. The summed E-state index contributed by atoms with van der Waals surface area (Å²) in [5.74, 6) is 0. The molecule has 4 nitrogen and oxygen atoms in total. The molecule has 1 aromatic carbocycles. The number of rotatable bonds is 6. The third-order valence-corrected chi connectivity index (χ3v) is 5.47. The van der Waals surface area contributed by atoms with Crippen LogP contribution in [0, 0.1) is 6.92 Å². The van der Waals surface area contributed by atoms with Crippen molar-refractivity contribution >= 4 is 11.0 Å². The average molecular weight is 342 g/mol. The molecule has 1 aliphatic rings. The lowest BCUT2D eigenvalue weighted by atomic mass is 9.96. The van der Waals surface area contributed by atoms with E-state index in [0.29, 0.717) is 12.6 Å². The molecule has 4 heteroatoms. The molecule has 1 atom stereocenters. The molecule has 3 rings (SSSR count). The zero-order chi connectivity index (χ0) is 18.0. The summed E-state index contributed by atoms with van der Waals surface area (Å²) in [7, 11) is 2.20. The van der Waals surface area contributed by atoms with E-state index in [-0.39, 0.29) is 5.63 Å². The molecule has 0 radical (unpaired) electrons. The molecule has 0 spiro atoms. The topological polar surface area (TPSA) is 36.7 Å². The van der Waals surface area contributed by atoms with Gasteiger partial charge in [-0.25, -0.2) is 4.79 Å². The van der Waals surface area contributed by atoms with Gasteiger partial charge in [-0.2, -0.15) is 0 Å². The number of unbranched alkanes of at least 4 members (excludes halogenated alkanes) is 1. The van der Waals surface area contributed by atoms with E-state index in [1.54, 1.807) is 0 Å². The van der Waals surface area contributed by atoms with Crippen LogP contribution in [0.5, 0.6) is 0 Å². The Morgan fingerprint density at radius 3 is 2.88 bits per heavy atom. The highest BCUT2D eigenvalue weighted by molar-refractivity contribution is 5.82. The van der Waals surface area contributed by atoms with Crippen LogP contribution in [-0.2, 0) is 13.0 Å². The fraction of sp³-hybridized carbons (Fsp3) is 0.571. The molecule has 2 heterocycles. The molecule has 0 saturated carbocycles. The van der Waals surface area contributed by atoms with Crippen molar-refractivity contribution in [2.75, 3.05) is 26.7 Å². The first-order chi connectivity index (χ1) is 12.0.